The zero-order chi connectivity index (χ0) is 19.8. The van der Waals surface area contributed by atoms with Crippen molar-refractivity contribution in [3.05, 3.63) is 59.9 Å². The highest BCUT2D eigenvalue weighted by Gasteiger charge is 2.62. The van der Waals surface area contributed by atoms with Gasteiger partial charge in [-0.15, -0.1) is 0 Å². The van der Waals surface area contributed by atoms with Crippen LogP contribution in [0, 0.1) is 11.8 Å². The van der Waals surface area contributed by atoms with E-state index >= 15 is 0 Å². The molecular weight excluding hydrogens is 366 g/mol. The molecule has 0 aliphatic carbocycles. The summed E-state index contributed by atoms with van der Waals surface area (Å²) in [6.45, 7) is 3.61. The van der Waals surface area contributed by atoms with Gasteiger partial charge in [0.05, 0.1) is 18.8 Å². The summed E-state index contributed by atoms with van der Waals surface area (Å²) < 4.78 is 11.8. The maximum Gasteiger partial charge on any atom is 0.251 e. The van der Waals surface area contributed by atoms with E-state index in [-0.39, 0.29) is 17.6 Å². The molecule has 0 radical (unpaired) electrons. The van der Waals surface area contributed by atoms with Crippen LogP contribution in [0.2, 0.25) is 0 Å². The van der Waals surface area contributed by atoms with Crippen molar-refractivity contribution in [2.45, 2.75) is 31.1 Å². The molecule has 1 aromatic heterocycles. The van der Waals surface area contributed by atoms with Gasteiger partial charge in [-0.1, -0.05) is 12.1 Å². The molecule has 0 saturated carbocycles. The Balaban J connectivity index is 1.23. The summed E-state index contributed by atoms with van der Waals surface area (Å²) in [5.41, 5.74) is 1.93. The van der Waals surface area contributed by atoms with Gasteiger partial charge in [0.2, 0.25) is 0 Å². The first-order valence-corrected chi connectivity index (χ1v) is 10.4. The van der Waals surface area contributed by atoms with E-state index in [1.165, 1.54) is 5.56 Å². The molecule has 152 valence electrons. The normalized spacial score (nSPS) is 30.3. The van der Waals surface area contributed by atoms with Crippen LogP contribution in [0.25, 0.3) is 0 Å². The lowest BCUT2D eigenvalue weighted by molar-refractivity contribution is 0.00212. The van der Waals surface area contributed by atoms with Gasteiger partial charge in [0.1, 0.15) is 5.75 Å². The number of hydrogen-bond donors (Lipinski definition) is 1. The molecule has 1 spiro atoms. The quantitative estimate of drug-likeness (QED) is 0.817. The topological polar surface area (TPSA) is 63.7 Å². The fourth-order valence-corrected chi connectivity index (χ4v) is 5.49. The zero-order valence-corrected chi connectivity index (χ0v) is 16.7. The van der Waals surface area contributed by atoms with Gasteiger partial charge in [0.25, 0.3) is 5.91 Å². The summed E-state index contributed by atoms with van der Waals surface area (Å²) >= 11 is 0. The maximum absolute atomic E-state index is 12.5. The minimum atomic E-state index is -0.0303. The summed E-state index contributed by atoms with van der Waals surface area (Å²) in [5, 5.41) is 3.13. The molecule has 4 atom stereocenters. The van der Waals surface area contributed by atoms with Crippen molar-refractivity contribution < 1.29 is 14.3 Å². The lowest BCUT2D eigenvalue weighted by Gasteiger charge is -2.29. The first kappa shape index (κ1) is 18.6. The van der Waals surface area contributed by atoms with Crippen LogP contribution in [0.4, 0.5) is 0 Å². The lowest BCUT2D eigenvalue weighted by atomic mass is 9.73. The molecule has 6 nitrogen and oxygen atoms in total. The molecule has 2 aromatic rings. The number of aromatic nitrogens is 1. The van der Waals surface area contributed by atoms with Crippen molar-refractivity contribution in [1.29, 1.82) is 0 Å². The molecule has 0 unspecified atom stereocenters. The van der Waals surface area contributed by atoms with Gasteiger partial charge < -0.3 is 14.8 Å². The Bertz CT molecular complexity index is 873. The summed E-state index contributed by atoms with van der Waals surface area (Å²) in [7, 11) is 1.69. The highest BCUT2D eigenvalue weighted by atomic mass is 16.5. The molecule has 1 N–H and O–H groups in total. The summed E-state index contributed by atoms with van der Waals surface area (Å²) in [6, 6.07) is 11.8. The molecular formula is C23H27N3O3. The van der Waals surface area contributed by atoms with Crippen molar-refractivity contribution in [1.82, 2.24) is 15.2 Å². The minimum absolute atomic E-state index is 0.0246. The number of pyridine rings is 1. The van der Waals surface area contributed by atoms with Gasteiger partial charge in [-0.05, 0) is 42.7 Å². The fraction of sp³-hybridized carbons (Fsp3) is 0.478. The predicted molar refractivity (Wildman–Crippen MR) is 109 cm³/mol. The second kappa shape index (κ2) is 7.43. The Morgan fingerprint density at radius 1 is 1.28 bits per heavy atom. The number of carbonyl (C=O) groups is 1. The Labute approximate surface area is 171 Å². The number of carbonyl (C=O) groups excluding carboxylic acids is 1. The number of rotatable bonds is 6. The van der Waals surface area contributed by atoms with Crippen LogP contribution in [0.15, 0.2) is 48.8 Å². The van der Waals surface area contributed by atoms with E-state index in [4.69, 9.17) is 9.47 Å². The van der Waals surface area contributed by atoms with E-state index in [2.05, 4.69) is 27.3 Å². The first-order chi connectivity index (χ1) is 14.2. The third-order valence-electron chi connectivity index (χ3n) is 6.86. The van der Waals surface area contributed by atoms with Gasteiger partial charge in [-0.25, -0.2) is 0 Å². The zero-order valence-electron chi connectivity index (χ0n) is 16.7. The number of hydrogen-bond acceptors (Lipinski definition) is 5. The molecule has 29 heavy (non-hydrogen) atoms. The number of methoxy groups -OCH3 is 1. The van der Waals surface area contributed by atoms with Gasteiger partial charge in [-0.3, -0.25) is 14.7 Å². The maximum atomic E-state index is 12.5. The molecule has 3 aliphatic rings. The SMILES string of the molecule is COc1ccc(CN2C[C@@H]3[C@H](CNC(=O)c4ccncc4)[C@H]4CC[C@]3(C2)O4)cc1. The highest BCUT2D eigenvalue weighted by molar-refractivity contribution is 5.93. The molecule has 3 fully saturated rings. The van der Waals surface area contributed by atoms with Crippen LogP contribution in [0.1, 0.15) is 28.8 Å². The lowest BCUT2D eigenvalue weighted by Crippen LogP contribution is -2.41. The number of nitrogens with zero attached hydrogens (tertiary/aromatic N) is 2. The van der Waals surface area contributed by atoms with Gasteiger partial charge in [-0.2, -0.15) is 0 Å². The molecule has 3 saturated heterocycles. The van der Waals surface area contributed by atoms with Crippen LogP contribution < -0.4 is 10.1 Å². The van der Waals surface area contributed by atoms with Crippen LogP contribution >= 0.6 is 0 Å². The van der Waals surface area contributed by atoms with Gasteiger partial charge >= 0.3 is 0 Å². The Morgan fingerprint density at radius 2 is 2.07 bits per heavy atom. The molecule has 4 heterocycles. The molecule has 5 rings (SSSR count). The summed E-state index contributed by atoms with van der Waals surface area (Å²) in [5.74, 6) is 1.72. The number of fused-ring (bicyclic) bond motifs is 1. The predicted octanol–water partition coefficient (Wildman–Crippen LogP) is 2.50. The highest BCUT2D eigenvalue weighted by Crippen LogP contribution is 2.54. The first-order valence-electron chi connectivity index (χ1n) is 10.4. The van der Waals surface area contributed by atoms with Crippen molar-refractivity contribution in [3.8, 4) is 5.75 Å². The van der Waals surface area contributed by atoms with Crippen molar-refractivity contribution in [2.75, 3.05) is 26.7 Å². The molecule has 1 aromatic carbocycles. The minimum Gasteiger partial charge on any atom is -0.497 e. The van der Waals surface area contributed by atoms with E-state index in [9.17, 15) is 4.79 Å². The summed E-state index contributed by atoms with van der Waals surface area (Å²) in [4.78, 5) is 18.9. The van der Waals surface area contributed by atoms with Crippen LogP contribution in [0.3, 0.4) is 0 Å². The van der Waals surface area contributed by atoms with Crippen LogP contribution in [-0.2, 0) is 11.3 Å². The van der Waals surface area contributed by atoms with Gasteiger partial charge in [0, 0.05) is 56.0 Å². The Hall–Kier alpha value is -2.44. The molecule has 3 aliphatic heterocycles. The summed E-state index contributed by atoms with van der Waals surface area (Å²) in [6.07, 6.45) is 5.82. The van der Waals surface area contributed by atoms with Crippen LogP contribution in [0.5, 0.6) is 5.75 Å². The van der Waals surface area contributed by atoms with Crippen molar-refractivity contribution in [3.63, 3.8) is 0 Å². The number of benzene rings is 1. The third kappa shape index (κ3) is 3.40. The average molecular weight is 393 g/mol. The molecule has 2 bridgehead atoms. The molecule has 1 amide bonds. The number of nitrogens with one attached hydrogen (secondary N) is 1. The van der Waals surface area contributed by atoms with E-state index in [0.29, 0.717) is 23.9 Å². The van der Waals surface area contributed by atoms with Crippen molar-refractivity contribution in [2.24, 2.45) is 11.8 Å². The van der Waals surface area contributed by atoms with E-state index < -0.39 is 0 Å². The van der Waals surface area contributed by atoms with E-state index in [1.807, 2.05) is 12.1 Å². The smallest absolute Gasteiger partial charge is 0.251 e. The van der Waals surface area contributed by atoms with Crippen LogP contribution in [-0.4, -0.2) is 54.2 Å². The van der Waals surface area contributed by atoms with E-state index in [0.717, 1.165) is 38.2 Å². The third-order valence-corrected chi connectivity index (χ3v) is 6.86. The largest absolute Gasteiger partial charge is 0.497 e. The van der Waals surface area contributed by atoms with E-state index in [1.54, 1.807) is 31.6 Å². The number of likely N-dealkylation sites (tertiary alicyclic amines) is 1. The molecule has 6 heteroatoms. The Kier molecular flexibility index (Phi) is 4.76. The standard InChI is InChI=1S/C23H27N3O3/c1-28-18-4-2-16(3-5-18)13-26-14-20-19(21-6-9-23(20,15-26)29-21)12-25-22(27)17-7-10-24-11-8-17/h2-5,7-8,10-11,19-21H,6,9,12-15H2,1H3,(H,25,27)/t19-,20+,21+,23+/m0/s1. The average Bonchev–Trinajstić information content (AvgIpc) is 3.41. The number of amides is 1. The Morgan fingerprint density at radius 3 is 2.83 bits per heavy atom. The fourth-order valence-electron chi connectivity index (χ4n) is 5.49. The van der Waals surface area contributed by atoms with Crippen molar-refractivity contribution >= 4 is 5.91 Å². The monoisotopic (exact) mass is 393 g/mol. The van der Waals surface area contributed by atoms with Gasteiger partial charge in [0.15, 0.2) is 0 Å². The second-order valence-corrected chi connectivity index (χ2v) is 8.49. The number of ether oxygens (including phenoxy) is 2. The second-order valence-electron chi connectivity index (χ2n) is 8.49.